The molecule has 0 bridgehead atoms. The second-order valence-corrected chi connectivity index (χ2v) is 6.40. The van der Waals surface area contributed by atoms with Crippen molar-refractivity contribution in [3.05, 3.63) is 0 Å². The van der Waals surface area contributed by atoms with E-state index in [-0.39, 0.29) is 0 Å². The minimum atomic E-state index is 0.846. The summed E-state index contributed by atoms with van der Waals surface area (Å²) in [6.45, 7) is 13.3. The van der Waals surface area contributed by atoms with Crippen LogP contribution in [0, 0.1) is 0 Å². The summed E-state index contributed by atoms with van der Waals surface area (Å²) in [6, 6.07) is 0. The van der Waals surface area contributed by atoms with Gasteiger partial charge in [0.25, 0.3) is 0 Å². The minimum absolute atomic E-state index is 0.846. The van der Waals surface area contributed by atoms with Crippen LogP contribution < -0.4 is 10.6 Å². The number of hydrogen-bond donors (Lipinski definition) is 2. The standard InChI is InChI=1S/C17H35N5O/c1-2-18-17(20-8-12-22-13-15-23-16-14-22)19-7-11-21-9-5-3-4-6-10-21/h2-16H2,1H3,(H2,18,19,20). The Morgan fingerprint density at radius 1 is 0.913 bits per heavy atom. The van der Waals surface area contributed by atoms with Crippen molar-refractivity contribution in [2.45, 2.75) is 32.6 Å². The Balaban J connectivity index is 1.64. The van der Waals surface area contributed by atoms with E-state index in [1.165, 1.54) is 38.8 Å². The lowest BCUT2D eigenvalue weighted by Crippen LogP contribution is -2.42. The van der Waals surface area contributed by atoms with Crippen molar-refractivity contribution < 1.29 is 4.74 Å². The van der Waals surface area contributed by atoms with Crippen LogP contribution in [-0.2, 0) is 4.74 Å². The molecule has 0 aromatic heterocycles. The molecule has 2 heterocycles. The highest BCUT2D eigenvalue weighted by atomic mass is 16.5. The summed E-state index contributed by atoms with van der Waals surface area (Å²) >= 11 is 0. The number of ether oxygens (including phenoxy) is 1. The smallest absolute Gasteiger partial charge is 0.191 e. The summed E-state index contributed by atoms with van der Waals surface area (Å²) in [5.74, 6) is 0.954. The van der Waals surface area contributed by atoms with Gasteiger partial charge in [-0.1, -0.05) is 12.8 Å². The summed E-state index contributed by atoms with van der Waals surface area (Å²) in [4.78, 5) is 9.71. The molecule has 0 atom stereocenters. The fourth-order valence-electron chi connectivity index (χ4n) is 3.16. The number of likely N-dealkylation sites (tertiary alicyclic amines) is 1. The highest BCUT2D eigenvalue weighted by molar-refractivity contribution is 5.79. The van der Waals surface area contributed by atoms with E-state index in [2.05, 4.69) is 27.4 Å². The van der Waals surface area contributed by atoms with Crippen LogP contribution in [0.3, 0.4) is 0 Å². The van der Waals surface area contributed by atoms with Gasteiger partial charge in [-0.2, -0.15) is 0 Å². The van der Waals surface area contributed by atoms with Gasteiger partial charge in [-0.15, -0.1) is 0 Å². The Bertz CT molecular complexity index is 323. The molecule has 134 valence electrons. The van der Waals surface area contributed by atoms with Crippen molar-refractivity contribution >= 4 is 5.96 Å². The second kappa shape index (κ2) is 11.6. The molecule has 2 fully saturated rings. The lowest BCUT2D eigenvalue weighted by atomic mass is 10.2. The maximum absolute atomic E-state index is 5.38. The zero-order valence-electron chi connectivity index (χ0n) is 14.9. The molecule has 0 aromatic carbocycles. The molecule has 0 amide bonds. The van der Waals surface area contributed by atoms with E-state index in [9.17, 15) is 0 Å². The Morgan fingerprint density at radius 3 is 2.30 bits per heavy atom. The molecule has 2 aliphatic heterocycles. The van der Waals surface area contributed by atoms with Crippen molar-refractivity contribution in [1.82, 2.24) is 20.4 Å². The normalized spacial score (nSPS) is 21.9. The molecule has 0 unspecified atom stereocenters. The average Bonchev–Trinajstić information content (AvgIpc) is 2.85. The summed E-state index contributed by atoms with van der Waals surface area (Å²) < 4.78 is 5.38. The van der Waals surface area contributed by atoms with Crippen LogP contribution in [-0.4, -0.2) is 87.9 Å². The van der Waals surface area contributed by atoms with Crippen LogP contribution in [0.15, 0.2) is 4.99 Å². The van der Waals surface area contributed by atoms with Crippen LogP contribution >= 0.6 is 0 Å². The molecule has 0 aromatic rings. The van der Waals surface area contributed by atoms with Gasteiger partial charge in [0.15, 0.2) is 5.96 Å². The largest absolute Gasteiger partial charge is 0.379 e. The van der Waals surface area contributed by atoms with Crippen LogP contribution in [0.5, 0.6) is 0 Å². The van der Waals surface area contributed by atoms with Crippen molar-refractivity contribution in [3.63, 3.8) is 0 Å². The lowest BCUT2D eigenvalue weighted by Gasteiger charge is -2.26. The first-order chi connectivity index (χ1) is 11.4. The maximum Gasteiger partial charge on any atom is 0.191 e. The van der Waals surface area contributed by atoms with E-state index in [0.29, 0.717) is 0 Å². The van der Waals surface area contributed by atoms with Gasteiger partial charge in [-0.25, -0.2) is 0 Å². The molecule has 0 saturated carbocycles. The molecule has 0 aliphatic carbocycles. The van der Waals surface area contributed by atoms with Crippen molar-refractivity contribution in [1.29, 1.82) is 0 Å². The lowest BCUT2D eigenvalue weighted by molar-refractivity contribution is 0.0394. The third kappa shape index (κ3) is 7.99. The van der Waals surface area contributed by atoms with E-state index in [0.717, 1.165) is 65.0 Å². The molecular weight excluding hydrogens is 290 g/mol. The molecule has 6 nitrogen and oxygen atoms in total. The van der Waals surface area contributed by atoms with Gasteiger partial charge in [-0.05, 0) is 32.9 Å². The third-order valence-corrected chi connectivity index (χ3v) is 4.55. The zero-order chi connectivity index (χ0) is 16.2. The monoisotopic (exact) mass is 325 g/mol. The van der Waals surface area contributed by atoms with Crippen LogP contribution in [0.2, 0.25) is 0 Å². The van der Waals surface area contributed by atoms with Gasteiger partial charge >= 0.3 is 0 Å². The summed E-state index contributed by atoms with van der Waals surface area (Å²) in [5.41, 5.74) is 0. The molecule has 2 saturated heterocycles. The van der Waals surface area contributed by atoms with E-state index in [1.807, 2.05) is 0 Å². The molecular formula is C17H35N5O. The fourth-order valence-corrected chi connectivity index (χ4v) is 3.16. The average molecular weight is 326 g/mol. The highest BCUT2D eigenvalue weighted by Gasteiger charge is 2.10. The maximum atomic E-state index is 5.38. The van der Waals surface area contributed by atoms with Gasteiger partial charge in [-0.3, -0.25) is 9.89 Å². The minimum Gasteiger partial charge on any atom is -0.379 e. The molecule has 23 heavy (non-hydrogen) atoms. The molecule has 0 spiro atoms. The van der Waals surface area contributed by atoms with E-state index < -0.39 is 0 Å². The number of nitrogens with one attached hydrogen (secondary N) is 2. The topological polar surface area (TPSA) is 52.1 Å². The SMILES string of the molecule is CCNC(=NCCN1CCOCC1)NCCN1CCCCCC1. The summed E-state index contributed by atoms with van der Waals surface area (Å²) in [5, 5.41) is 6.83. The number of nitrogens with zero attached hydrogens (tertiary/aromatic N) is 3. The fraction of sp³-hybridized carbons (Fsp3) is 0.941. The number of aliphatic imine (C=N–C) groups is 1. The van der Waals surface area contributed by atoms with Crippen LogP contribution in [0.1, 0.15) is 32.6 Å². The first-order valence-electron chi connectivity index (χ1n) is 9.43. The molecule has 2 aliphatic rings. The van der Waals surface area contributed by atoms with E-state index in [1.54, 1.807) is 0 Å². The van der Waals surface area contributed by atoms with Crippen molar-refractivity contribution in [3.8, 4) is 0 Å². The van der Waals surface area contributed by atoms with E-state index in [4.69, 9.17) is 9.73 Å². The molecule has 6 heteroatoms. The van der Waals surface area contributed by atoms with E-state index >= 15 is 0 Å². The predicted octanol–water partition coefficient (Wildman–Crippen LogP) is 0.750. The first-order valence-corrected chi connectivity index (χ1v) is 9.43. The van der Waals surface area contributed by atoms with Gasteiger partial charge in [0.1, 0.15) is 0 Å². The summed E-state index contributed by atoms with van der Waals surface area (Å²) in [7, 11) is 0. The number of hydrogen-bond acceptors (Lipinski definition) is 4. The second-order valence-electron chi connectivity index (χ2n) is 6.40. The quantitative estimate of drug-likeness (QED) is 0.534. The highest BCUT2D eigenvalue weighted by Crippen LogP contribution is 2.08. The molecule has 0 radical (unpaired) electrons. The summed E-state index contributed by atoms with van der Waals surface area (Å²) in [6.07, 6.45) is 5.51. The molecule has 2 N–H and O–H groups in total. The third-order valence-electron chi connectivity index (χ3n) is 4.55. The number of guanidine groups is 1. The first kappa shape index (κ1) is 18.5. The zero-order valence-corrected chi connectivity index (χ0v) is 14.9. The predicted molar refractivity (Wildman–Crippen MR) is 96.1 cm³/mol. The Labute approximate surface area is 141 Å². The number of morpholine rings is 1. The van der Waals surface area contributed by atoms with Gasteiger partial charge in [0, 0.05) is 39.3 Å². The Hall–Kier alpha value is -0.850. The van der Waals surface area contributed by atoms with Gasteiger partial charge in [0.05, 0.1) is 19.8 Å². The van der Waals surface area contributed by atoms with Crippen LogP contribution in [0.25, 0.3) is 0 Å². The van der Waals surface area contributed by atoms with Crippen LogP contribution in [0.4, 0.5) is 0 Å². The van der Waals surface area contributed by atoms with Gasteiger partial charge < -0.3 is 20.3 Å². The molecule has 2 rings (SSSR count). The van der Waals surface area contributed by atoms with Gasteiger partial charge in [0.2, 0.25) is 0 Å². The van der Waals surface area contributed by atoms with Crippen molar-refractivity contribution in [2.24, 2.45) is 4.99 Å². The van der Waals surface area contributed by atoms with Crippen molar-refractivity contribution in [2.75, 3.05) is 72.1 Å². The number of rotatable bonds is 7. The Morgan fingerprint density at radius 2 is 1.61 bits per heavy atom. The Kier molecular flexibility index (Phi) is 9.36.